The molecular weight excluding hydrogens is 240 g/mol. The Hall–Kier alpha value is -0.610. The van der Waals surface area contributed by atoms with Crippen LogP contribution in [0.1, 0.15) is 53.9 Å². The summed E-state index contributed by atoms with van der Waals surface area (Å²) in [6, 6.07) is 0. The van der Waals surface area contributed by atoms with Gasteiger partial charge in [0.25, 0.3) is 0 Å². The summed E-state index contributed by atoms with van der Waals surface area (Å²) >= 11 is 0. The Bertz CT molecular complexity index is 263. The summed E-state index contributed by atoms with van der Waals surface area (Å²) in [5.74, 6) is 1.17. The zero-order valence-electron chi connectivity index (χ0n) is 13.2. The second kappa shape index (κ2) is 8.54. The first-order chi connectivity index (χ1) is 8.66. The van der Waals surface area contributed by atoms with E-state index in [1.807, 2.05) is 0 Å². The molecule has 4 heteroatoms. The maximum absolute atomic E-state index is 11.8. The molecule has 4 N–H and O–H groups in total. The van der Waals surface area contributed by atoms with Crippen molar-refractivity contribution >= 4 is 5.91 Å². The fourth-order valence-electron chi connectivity index (χ4n) is 2.50. The average molecular weight is 272 g/mol. The third kappa shape index (κ3) is 9.91. The molecule has 0 aromatic rings. The molecule has 0 aliphatic rings. The van der Waals surface area contributed by atoms with Crippen molar-refractivity contribution < 1.29 is 9.90 Å². The van der Waals surface area contributed by atoms with Gasteiger partial charge in [0.1, 0.15) is 0 Å². The lowest BCUT2D eigenvalue weighted by molar-refractivity contribution is -0.123. The van der Waals surface area contributed by atoms with E-state index in [0.717, 1.165) is 6.42 Å². The first kappa shape index (κ1) is 18.4. The first-order valence-electron chi connectivity index (χ1n) is 7.35. The lowest BCUT2D eigenvalue weighted by Crippen LogP contribution is -2.42. The molecule has 4 nitrogen and oxygen atoms in total. The first-order valence-corrected chi connectivity index (χ1v) is 7.35. The predicted molar refractivity (Wildman–Crippen MR) is 79.7 cm³/mol. The normalized spacial score (nSPS) is 16.5. The molecule has 0 rings (SSSR count). The standard InChI is InChI=1S/C15H32N2O2/c1-11(2)6-13(9-16)7-14(18)17-10-15(5,19)8-12(3)4/h11-13,19H,6-10,16H2,1-5H3,(H,17,18)/t13-,15?/m0/s1. The van der Waals surface area contributed by atoms with Crippen LogP contribution in [0.5, 0.6) is 0 Å². The van der Waals surface area contributed by atoms with Crippen LogP contribution in [0.2, 0.25) is 0 Å². The van der Waals surface area contributed by atoms with Gasteiger partial charge in [-0.05, 0) is 44.1 Å². The van der Waals surface area contributed by atoms with E-state index in [2.05, 4.69) is 33.0 Å². The van der Waals surface area contributed by atoms with Crippen molar-refractivity contribution in [2.45, 2.75) is 59.5 Å². The summed E-state index contributed by atoms with van der Waals surface area (Å²) in [5, 5.41) is 13.0. The monoisotopic (exact) mass is 272 g/mol. The molecule has 1 unspecified atom stereocenters. The molecule has 0 aromatic carbocycles. The summed E-state index contributed by atoms with van der Waals surface area (Å²) in [5.41, 5.74) is 4.85. The molecule has 2 atom stereocenters. The fraction of sp³-hybridized carbons (Fsp3) is 0.933. The van der Waals surface area contributed by atoms with E-state index in [4.69, 9.17) is 5.73 Å². The van der Waals surface area contributed by atoms with Gasteiger partial charge < -0.3 is 16.2 Å². The molecular formula is C15H32N2O2. The minimum absolute atomic E-state index is 0.0138. The summed E-state index contributed by atoms with van der Waals surface area (Å²) in [7, 11) is 0. The molecule has 0 fully saturated rings. The van der Waals surface area contributed by atoms with Gasteiger partial charge in [0.05, 0.1) is 5.60 Å². The summed E-state index contributed by atoms with van der Waals surface area (Å²) in [6.45, 7) is 11.0. The van der Waals surface area contributed by atoms with Crippen molar-refractivity contribution in [3.8, 4) is 0 Å². The highest BCUT2D eigenvalue weighted by Gasteiger charge is 2.23. The van der Waals surface area contributed by atoms with Gasteiger partial charge in [-0.2, -0.15) is 0 Å². The van der Waals surface area contributed by atoms with E-state index in [9.17, 15) is 9.90 Å². The number of hydrogen-bond acceptors (Lipinski definition) is 3. The van der Waals surface area contributed by atoms with Crippen molar-refractivity contribution in [2.75, 3.05) is 13.1 Å². The summed E-state index contributed by atoms with van der Waals surface area (Å²) in [6.07, 6.45) is 2.10. The second-order valence-corrected chi connectivity index (χ2v) is 6.81. The van der Waals surface area contributed by atoms with E-state index in [0.29, 0.717) is 37.8 Å². The highest BCUT2D eigenvalue weighted by atomic mass is 16.3. The maximum Gasteiger partial charge on any atom is 0.220 e. The number of rotatable bonds is 9. The number of carbonyl (C=O) groups is 1. The molecule has 0 aliphatic carbocycles. The molecule has 0 saturated carbocycles. The SMILES string of the molecule is CC(C)C[C@H](CN)CC(=O)NCC(C)(O)CC(C)C. The quantitative estimate of drug-likeness (QED) is 0.600. The third-order valence-electron chi connectivity index (χ3n) is 3.13. The van der Waals surface area contributed by atoms with Gasteiger partial charge >= 0.3 is 0 Å². The number of nitrogens with one attached hydrogen (secondary N) is 1. The van der Waals surface area contributed by atoms with Gasteiger partial charge in [-0.15, -0.1) is 0 Å². The Balaban J connectivity index is 4.09. The predicted octanol–water partition coefficient (Wildman–Crippen LogP) is 1.91. The van der Waals surface area contributed by atoms with Crippen LogP contribution in [0.3, 0.4) is 0 Å². The van der Waals surface area contributed by atoms with Gasteiger partial charge in [-0.1, -0.05) is 27.7 Å². The lowest BCUT2D eigenvalue weighted by Gasteiger charge is -2.26. The Morgan fingerprint density at radius 1 is 1.26 bits per heavy atom. The van der Waals surface area contributed by atoms with Crippen molar-refractivity contribution in [1.29, 1.82) is 0 Å². The number of aliphatic hydroxyl groups is 1. The van der Waals surface area contributed by atoms with Crippen molar-refractivity contribution in [3.63, 3.8) is 0 Å². The highest BCUT2D eigenvalue weighted by Crippen LogP contribution is 2.16. The number of amides is 1. The largest absolute Gasteiger partial charge is 0.388 e. The number of carbonyl (C=O) groups excluding carboxylic acids is 1. The van der Waals surface area contributed by atoms with Crippen molar-refractivity contribution in [1.82, 2.24) is 5.32 Å². The van der Waals surface area contributed by atoms with Crippen molar-refractivity contribution in [3.05, 3.63) is 0 Å². The molecule has 0 heterocycles. The van der Waals surface area contributed by atoms with E-state index in [1.165, 1.54) is 0 Å². The van der Waals surface area contributed by atoms with Crippen LogP contribution < -0.4 is 11.1 Å². The highest BCUT2D eigenvalue weighted by molar-refractivity contribution is 5.76. The number of hydrogen-bond donors (Lipinski definition) is 3. The molecule has 19 heavy (non-hydrogen) atoms. The van der Waals surface area contributed by atoms with Crippen LogP contribution in [0.25, 0.3) is 0 Å². The minimum atomic E-state index is -0.833. The van der Waals surface area contributed by atoms with Gasteiger partial charge in [0, 0.05) is 13.0 Å². The smallest absolute Gasteiger partial charge is 0.220 e. The molecule has 0 bridgehead atoms. The van der Waals surface area contributed by atoms with E-state index >= 15 is 0 Å². The average Bonchev–Trinajstić information content (AvgIpc) is 2.23. The fourth-order valence-corrected chi connectivity index (χ4v) is 2.50. The van der Waals surface area contributed by atoms with Crippen LogP contribution in [-0.4, -0.2) is 29.7 Å². The van der Waals surface area contributed by atoms with Crippen LogP contribution in [0, 0.1) is 17.8 Å². The Morgan fingerprint density at radius 2 is 1.84 bits per heavy atom. The van der Waals surface area contributed by atoms with Crippen molar-refractivity contribution in [2.24, 2.45) is 23.5 Å². The zero-order valence-corrected chi connectivity index (χ0v) is 13.2. The van der Waals surface area contributed by atoms with E-state index in [1.54, 1.807) is 6.92 Å². The summed E-state index contributed by atoms with van der Waals surface area (Å²) in [4.78, 5) is 11.8. The van der Waals surface area contributed by atoms with Gasteiger partial charge in [-0.25, -0.2) is 0 Å². The molecule has 0 spiro atoms. The molecule has 0 radical (unpaired) electrons. The van der Waals surface area contributed by atoms with Gasteiger partial charge in [0.15, 0.2) is 0 Å². The Labute approximate surface area is 118 Å². The van der Waals surface area contributed by atoms with Crippen LogP contribution in [0.4, 0.5) is 0 Å². The van der Waals surface area contributed by atoms with E-state index < -0.39 is 5.60 Å². The Kier molecular flexibility index (Phi) is 8.26. The minimum Gasteiger partial charge on any atom is -0.388 e. The van der Waals surface area contributed by atoms with Gasteiger partial charge in [0.2, 0.25) is 5.91 Å². The van der Waals surface area contributed by atoms with Crippen LogP contribution in [0.15, 0.2) is 0 Å². The summed E-state index contributed by atoms with van der Waals surface area (Å²) < 4.78 is 0. The molecule has 0 aromatic heterocycles. The third-order valence-corrected chi connectivity index (χ3v) is 3.13. The Morgan fingerprint density at radius 3 is 2.26 bits per heavy atom. The van der Waals surface area contributed by atoms with Crippen LogP contribution in [-0.2, 0) is 4.79 Å². The second-order valence-electron chi connectivity index (χ2n) is 6.81. The molecule has 1 amide bonds. The van der Waals surface area contributed by atoms with Gasteiger partial charge in [-0.3, -0.25) is 4.79 Å². The maximum atomic E-state index is 11.8. The van der Waals surface area contributed by atoms with Crippen LogP contribution >= 0.6 is 0 Å². The molecule has 0 aliphatic heterocycles. The van der Waals surface area contributed by atoms with E-state index in [-0.39, 0.29) is 11.8 Å². The molecule has 114 valence electrons. The zero-order chi connectivity index (χ0) is 15.1. The molecule has 0 saturated heterocycles. The lowest BCUT2D eigenvalue weighted by atomic mass is 9.93. The number of nitrogens with two attached hydrogens (primary N) is 1. The topological polar surface area (TPSA) is 75.4 Å².